The predicted molar refractivity (Wildman–Crippen MR) is 105 cm³/mol. The van der Waals surface area contributed by atoms with Crippen LogP contribution in [0.5, 0.6) is 0 Å². The van der Waals surface area contributed by atoms with Crippen molar-refractivity contribution in [3.8, 4) is 0 Å². The van der Waals surface area contributed by atoms with E-state index in [1.807, 2.05) is 30.3 Å². The maximum absolute atomic E-state index is 11.5. The Bertz CT molecular complexity index is 948. The molecule has 27 heavy (non-hydrogen) atoms. The molecule has 4 rings (SSSR count). The Balaban J connectivity index is 1.41. The van der Waals surface area contributed by atoms with Crippen molar-refractivity contribution in [2.75, 3.05) is 18.4 Å². The van der Waals surface area contributed by atoms with Gasteiger partial charge in [0.05, 0.1) is 6.20 Å². The topological polar surface area (TPSA) is 75.7 Å². The van der Waals surface area contributed by atoms with Gasteiger partial charge in [-0.3, -0.25) is 4.90 Å². The van der Waals surface area contributed by atoms with Crippen LogP contribution in [0, 0.1) is 10.1 Å². The van der Waals surface area contributed by atoms with Gasteiger partial charge in [-0.25, -0.2) is 0 Å². The van der Waals surface area contributed by atoms with Gasteiger partial charge in [0.25, 0.3) is 0 Å². The lowest BCUT2D eigenvalue weighted by atomic mass is 10.0. The second-order valence-electron chi connectivity index (χ2n) is 6.79. The number of nitrogens with one attached hydrogen (secondary N) is 1. The summed E-state index contributed by atoms with van der Waals surface area (Å²) in [6.07, 6.45) is 3.50. The number of anilines is 1. The van der Waals surface area contributed by atoms with E-state index in [0.29, 0.717) is 11.5 Å². The first kappa shape index (κ1) is 17.8. The number of hydrogen-bond acceptors (Lipinski definition) is 5. The minimum atomic E-state index is -0.377. The summed E-state index contributed by atoms with van der Waals surface area (Å²) in [6, 6.07) is 13.5. The Morgan fingerprint density at radius 3 is 2.63 bits per heavy atom. The van der Waals surface area contributed by atoms with Gasteiger partial charge in [-0.2, -0.15) is 9.38 Å². The van der Waals surface area contributed by atoms with Gasteiger partial charge in [0.2, 0.25) is 11.5 Å². The molecule has 7 nitrogen and oxygen atoms in total. The monoisotopic (exact) mass is 385 g/mol. The average molecular weight is 386 g/mol. The van der Waals surface area contributed by atoms with Crippen LogP contribution in [-0.2, 0) is 6.54 Å². The van der Waals surface area contributed by atoms with Gasteiger partial charge >= 0.3 is 5.82 Å². The molecule has 140 valence electrons. The molecule has 0 unspecified atom stereocenters. The number of imidazole rings is 1. The molecule has 0 bridgehead atoms. The van der Waals surface area contributed by atoms with Crippen LogP contribution in [-0.4, -0.2) is 38.3 Å². The molecule has 0 saturated carbocycles. The van der Waals surface area contributed by atoms with Crippen molar-refractivity contribution in [3.63, 3.8) is 0 Å². The number of halogens is 1. The second-order valence-corrected chi connectivity index (χ2v) is 7.23. The Kier molecular flexibility index (Phi) is 4.96. The zero-order chi connectivity index (χ0) is 18.8. The van der Waals surface area contributed by atoms with Crippen molar-refractivity contribution < 1.29 is 4.92 Å². The van der Waals surface area contributed by atoms with Crippen molar-refractivity contribution in [3.05, 3.63) is 69.4 Å². The first-order valence-corrected chi connectivity index (χ1v) is 9.33. The predicted octanol–water partition coefficient (Wildman–Crippen LogP) is 3.97. The van der Waals surface area contributed by atoms with E-state index in [-0.39, 0.29) is 16.8 Å². The standard InChI is InChI=1S/C19H20ClN5O2/c20-15-6-4-14(5-7-15)13-23-11-8-16(9-12-23)21-18-19(25(26)27)24-10-2-1-3-17(24)22-18/h1-7,10,16,21H,8-9,11-13H2. The van der Waals surface area contributed by atoms with E-state index in [9.17, 15) is 10.1 Å². The molecule has 0 atom stereocenters. The molecule has 1 N–H and O–H groups in total. The summed E-state index contributed by atoms with van der Waals surface area (Å²) in [4.78, 5) is 17.9. The first-order valence-electron chi connectivity index (χ1n) is 8.95. The first-order chi connectivity index (χ1) is 13.1. The molecule has 1 fully saturated rings. The number of pyridine rings is 1. The summed E-state index contributed by atoms with van der Waals surface area (Å²) in [5.41, 5.74) is 1.81. The highest BCUT2D eigenvalue weighted by Gasteiger charge is 2.26. The van der Waals surface area contributed by atoms with Gasteiger partial charge in [-0.1, -0.05) is 29.8 Å². The lowest BCUT2D eigenvalue weighted by Crippen LogP contribution is -2.38. The van der Waals surface area contributed by atoms with Crippen LogP contribution in [0.25, 0.3) is 5.65 Å². The van der Waals surface area contributed by atoms with Gasteiger partial charge in [0.15, 0.2) is 0 Å². The van der Waals surface area contributed by atoms with Gasteiger partial charge in [0, 0.05) is 36.8 Å². The van der Waals surface area contributed by atoms with Crippen LogP contribution < -0.4 is 5.32 Å². The van der Waals surface area contributed by atoms with Crippen molar-refractivity contribution in [1.82, 2.24) is 14.3 Å². The molecule has 0 spiro atoms. The van der Waals surface area contributed by atoms with Crippen LogP contribution in [0.2, 0.25) is 5.02 Å². The molecule has 3 aromatic rings. The molecular formula is C19H20ClN5O2. The fourth-order valence-electron chi connectivity index (χ4n) is 3.53. The molecule has 1 aliphatic heterocycles. The largest absolute Gasteiger partial charge is 0.372 e. The number of hydrogen-bond donors (Lipinski definition) is 1. The Labute approximate surface area is 161 Å². The Morgan fingerprint density at radius 1 is 1.19 bits per heavy atom. The molecule has 1 saturated heterocycles. The molecule has 8 heteroatoms. The third kappa shape index (κ3) is 3.89. The third-order valence-electron chi connectivity index (χ3n) is 4.93. The van der Waals surface area contributed by atoms with Crippen LogP contribution in [0.3, 0.4) is 0 Å². The Morgan fingerprint density at radius 2 is 1.93 bits per heavy atom. The van der Waals surface area contributed by atoms with Crippen LogP contribution in [0.4, 0.5) is 11.6 Å². The van der Waals surface area contributed by atoms with Crippen LogP contribution in [0.15, 0.2) is 48.7 Å². The molecule has 0 amide bonds. The minimum Gasteiger partial charge on any atom is -0.360 e. The van der Waals surface area contributed by atoms with E-state index in [0.717, 1.165) is 37.5 Å². The lowest BCUT2D eigenvalue weighted by Gasteiger charge is -2.32. The van der Waals surface area contributed by atoms with Gasteiger partial charge in [-0.05, 0) is 41.5 Å². The maximum atomic E-state index is 11.5. The summed E-state index contributed by atoms with van der Waals surface area (Å²) in [5, 5.41) is 15.5. The van der Waals surface area contributed by atoms with Crippen molar-refractivity contribution in [2.24, 2.45) is 0 Å². The molecule has 0 radical (unpaired) electrons. The SMILES string of the molecule is O=[N+]([O-])c1c(NC2CCN(Cc3ccc(Cl)cc3)CC2)nc2ccccn12. The second kappa shape index (κ2) is 7.54. The number of rotatable bonds is 5. The van der Waals surface area contributed by atoms with E-state index < -0.39 is 0 Å². The van der Waals surface area contributed by atoms with Gasteiger partial charge < -0.3 is 15.4 Å². The number of nitro groups is 1. The Hall–Kier alpha value is -2.64. The summed E-state index contributed by atoms with van der Waals surface area (Å²) in [5.74, 6) is 0.344. The molecule has 1 aliphatic rings. The molecular weight excluding hydrogens is 366 g/mol. The van der Waals surface area contributed by atoms with Gasteiger partial charge in [-0.15, -0.1) is 0 Å². The summed E-state index contributed by atoms with van der Waals surface area (Å²) >= 11 is 5.94. The fraction of sp³-hybridized carbons (Fsp3) is 0.316. The van der Waals surface area contributed by atoms with E-state index in [2.05, 4.69) is 15.2 Å². The fourth-order valence-corrected chi connectivity index (χ4v) is 3.66. The van der Waals surface area contributed by atoms with Crippen LogP contribution >= 0.6 is 11.6 Å². The number of likely N-dealkylation sites (tertiary alicyclic amines) is 1. The maximum Gasteiger partial charge on any atom is 0.372 e. The van der Waals surface area contributed by atoms with Gasteiger partial charge in [0.1, 0.15) is 0 Å². The van der Waals surface area contributed by atoms with Crippen LogP contribution in [0.1, 0.15) is 18.4 Å². The number of nitrogens with zero attached hydrogens (tertiary/aromatic N) is 4. The average Bonchev–Trinajstić information content (AvgIpc) is 3.03. The molecule has 0 aliphatic carbocycles. The zero-order valence-electron chi connectivity index (χ0n) is 14.7. The lowest BCUT2D eigenvalue weighted by molar-refractivity contribution is -0.389. The molecule has 3 heterocycles. The highest BCUT2D eigenvalue weighted by Crippen LogP contribution is 2.27. The van der Waals surface area contributed by atoms with E-state index in [1.165, 1.54) is 9.96 Å². The third-order valence-corrected chi connectivity index (χ3v) is 5.18. The quantitative estimate of drug-likeness (QED) is 0.531. The number of piperidine rings is 1. The van der Waals surface area contributed by atoms with Crippen molar-refractivity contribution in [2.45, 2.75) is 25.4 Å². The van der Waals surface area contributed by atoms with E-state index in [1.54, 1.807) is 18.3 Å². The van der Waals surface area contributed by atoms with Crippen molar-refractivity contribution >= 4 is 28.9 Å². The number of fused-ring (bicyclic) bond motifs is 1. The van der Waals surface area contributed by atoms with E-state index in [4.69, 9.17) is 11.6 Å². The molecule has 2 aromatic heterocycles. The number of benzene rings is 1. The summed E-state index contributed by atoms with van der Waals surface area (Å²) < 4.78 is 1.51. The highest BCUT2D eigenvalue weighted by atomic mass is 35.5. The van der Waals surface area contributed by atoms with E-state index >= 15 is 0 Å². The normalized spacial score (nSPS) is 15.9. The summed E-state index contributed by atoms with van der Waals surface area (Å²) in [7, 11) is 0. The minimum absolute atomic E-state index is 0.00538. The zero-order valence-corrected chi connectivity index (χ0v) is 15.5. The summed E-state index contributed by atoms with van der Waals surface area (Å²) in [6.45, 7) is 2.75. The van der Waals surface area contributed by atoms with Crippen molar-refractivity contribution in [1.29, 1.82) is 0 Å². The smallest absolute Gasteiger partial charge is 0.360 e. The highest BCUT2D eigenvalue weighted by molar-refractivity contribution is 6.30. The number of aromatic nitrogens is 2. The molecule has 1 aromatic carbocycles.